The van der Waals surface area contributed by atoms with E-state index in [1.54, 1.807) is 11.7 Å². The maximum absolute atomic E-state index is 14.0. The van der Waals surface area contributed by atoms with Gasteiger partial charge in [0, 0.05) is 17.3 Å². The number of nitrogens with one attached hydrogen (secondary N) is 1. The molecule has 1 aliphatic rings. The van der Waals surface area contributed by atoms with Crippen molar-refractivity contribution in [1.82, 2.24) is 14.9 Å². The highest BCUT2D eigenvalue weighted by atomic mass is 32.2. The number of thioether (sulfide) groups is 1. The molecule has 1 N–H and O–H groups in total. The summed E-state index contributed by atoms with van der Waals surface area (Å²) in [7, 11) is 1.61. The topological polar surface area (TPSA) is 82.5 Å². The molecular formula is C29H31N3O4S2. The van der Waals surface area contributed by atoms with E-state index >= 15 is 0 Å². The average molecular weight is 550 g/mol. The van der Waals surface area contributed by atoms with Crippen LogP contribution in [0.5, 0.6) is 5.75 Å². The minimum Gasteiger partial charge on any atom is -0.497 e. The Balaban J connectivity index is 1.45. The molecule has 0 bridgehead atoms. The van der Waals surface area contributed by atoms with Gasteiger partial charge in [0.15, 0.2) is 5.16 Å². The summed E-state index contributed by atoms with van der Waals surface area (Å²) in [5.41, 5.74) is 2.39. The number of thiophene rings is 1. The van der Waals surface area contributed by atoms with Crippen molar-refractivity contribution in [1.29, 1.82) is 0 Å². The lowest BCUT2D eigenvalue weighted by atomic mass is 9.94. The number of carbonyl (C=O) groups excluding carboxylic acids is 1. The molecule has 0 fully saturated rings. The molecule has 0 spiro atoms. The van der Waals surface area contributed by atoms with Crippen LogP contribution >= 0.6 is 23.1 Å². The number of aromatic nitrogens is 2. The van der Waals surface area contributed by atoms with E-state index in [0.29, 0.717) is 39.8 Å². The minimum atomic E-state index is -0.347. The summed E-state index contributed by atoms with van der Waals surface area (Å²) in [6, 6.07) is 17.4. The second-order valence-corrected chi connectivity index (χ2v) is 12.1. The maximum Gasteiger partial charge on any atom is 0.267 e. The first kappa shape index (κ1) is 26.5. The monoisotopic (exact) mass is 549 g/mol. The van der Waals surface area contributed by atoms with Gasteiger partial charge in [-0.05, 0) is 62.6 Å². The second-order valence-electron chi connectivity index (χ2n) is 10.1. The molecule has 0 saturated heterocycles. The normalized spacial score (nSPS) is 15.2. The molecule has 0 aliphatic carbocycles. The first-order valence-electron chi connectivity index (χ1n) is 12.6. The van der Waals surface area contributed by atoms with Crippen LogP contribution in [0.3, 0.4) is 0 Å². The zero-order valence-corrected chi connectivity index (χ0v) is 23.6. The third-order valence-electron chi connectivity index (χ3n) is 6.53. The molecule has 1 aliphatic heterocycles. The summed E-state index contributed by atoms with van der Waals surface area (Å²) < 4.78 is 12.9. The number of hydrogen-bond acceptors (Lipinski definition) is 7. The molecule has 9 heteroatoms. The van der Waals surface area contributed by atoms with E-state index in [4.69, 9.17) is 14.5 Å². The van der Waals surface area contributed by atoms with Gasteiger partial charge in [0.05, 0.1) is 36.1 Å². The summed E-state index contributed by atoms with van der Waals surface area (Å²) in [5.74, 6) is 0.743. The largest absolute Gasteiger partial charge is 0.497 e. The highest BCUT2D eigenvalue weighted by Gasteiger charge is 2.31. The van der Waals surface area contributed by atoms with Crippen molar-refractivity contribution in [2.45, 2.75) is 57.0 Å². The lowest BCUT2D eigenvalue weighted by molar-refractivity contribution is -0.119. The van der Waals surface area contributed by atoms with E-state index in [0.717, 1.165) is 16.9 Å². The van der Waals surface area contributed by atoms with Crippen molar-refractivity contribution < 1.29 is 14.3 Å². The van der Waals surface area contributed by atoms with Gasteiger partial charge in [-0.15, -0.1) is 11.3 Å². The van der Waals surface area contributed by atoms with Crippen LogP contribution in [0.25, 0.3) is 15.9 Å². The summed E-state index contributed by atoms with van der Waals surface area (Å²) in [6.07, 6.45) is 1.40. The van der Waals surface area contributed by atoms with Crippen LogP contribution in [-0.2, 0) is 29.0 Å². The fraction of sp³-hybridized carbons (Fsp3) is 0.345. The molecule has 5 rings (SSSR count). The van der Waals surface area contributed by atoms with Gasteiger partial charge in [-0.1, -0.05) is 42.1 Å². The zero-order chi connectivity index (χ0) is 26.9. The molecule has 3 heterocycles. The Labute approximate surface area is 230 Å². The summed E-state index contributed by atoms with van der Waals surface area (Å²) in [5, 5.41) is 4.19. The number of rotatable bonds is 8. The Morgan fingerprint density at radius 3 is 2.66 bits per heavy atom. The van der Waals surface area contributed by atoms with Crippen molar-refractivity contribution in [2.75, 3.05) is 12.9 Å². The van der Waals surface area contributed by atoms with Gasteiger partial charge in [-0.3, -0.25) is 14.2 Å². The fourth-order valence-corrected chi connectivity index (χ4v) is 6.66. The number of ether oxygens (including phenoxy) is 2. The van der Waals surface area contributed by atoms with Crippen molar-refractivity contribution in [3.63, 3.8) is 0 Å². The molecule has 38 heavy (non-hydrogen) atoms. The lowest BCUT2D eigenvalue weighted by Gasteiger charge is -2.29. The van der Waals surface area contributed by atoms with Crippen LogP contribution in [0.4, 0.5) is 0 Å². The number of nitrogens with zero attached hydrogens (tertiary/aromatic N) is 2. The average Bonchev–Trinajstić information content (AvgIpc) is 3.25. The van der Waals surface area contributed by atoms with Crippen LogP contribution in [-0.4, -0.2) is 40.0 Å². The molecular weight excluding hydrogens is 518 g/mol. The molecule has 198 valence electrons. The van der Waals surface area contributed by atoms with Crippen LogP contribution in [0.1, 0.15) is 36.8 Å². The third kappa shape index (κ3) is 5.65. The van der Waals surface area contributed by atoms with Crippen LogP contribution < -0.4 is 15.6 Å². The standard InChI is InChI=1S/C29H31N3O4S2/c1-18(14-19-8-6-5-7-9-19)30-24(33)17-37-28-31-26-25(22-15-29(2,3)36-16-23(22)38-26)27(34)32(28)20-10-12-21(35-4)13-11-20/h5-13,18H,14-17H2,1-4H3,(H,30,33)/t18-/m1/s1. The Bertz CT molecular complexity index is 1510. The predicted molar refractivity (Wildman–Crippen MR) is 153 cm³/mol. The van der Waals surface area contributed by atoms with E-state index in [2.05, 4.69) is 17.4 Å². The molecule has 1 amide bonds. The third-order valence-corrected chi connectivity index (χ3v) is 8.57. The SMILES string of the molecule is COc1ccc(-n2c(SCC(=O)N[C@H](C)Cc3ccccc3)nc3sc4c(c3c2=O)CC(C)(C)OC4)cc1. The van der Waals surface area contributed by atoms with Gasteiger partial charge in [0.25, 0.3) is 5.56 Å². The summed E-state index contributed by atoms with van der Waals surface area (Å²) in [6.45, 7) is 6.54. The molecule has 0 saturated carbocycles. The van der Waals surface area contributed by atoms with Crippen LogP contribution in [0, 0.1) is 0 Å². The zero-order valence-electron chi connectivity index (χ0n) is 21.9. The molecule has 2 aromatic heterocycles. The van der Waals surface area contributed by atoms with E-state index < -0.39 is 0 Å². The number of amides is 1. The number of methoxy groups -OCH3 is 1. The van der Waals surface area contributed by atoms with E-state index in [-0.39, 0.29) is 28.9 Å². The predicted octanol–water partition coefficient (Wildman–Crippen LogP) is 5.15. The Morgan fingerprint density at radius 1 is 1.21 bits per heavy atom. The number of hydrogen-bond donors (Lipinski definition) is 1. The van der Waals surface area contributed by atoms with Gasteiger partial charge in [0.1, 0.15) is 10.6 Å². The summed E-state index contributed by atoms with van der Waals surface area (Å²) >= 11 is 2.77. The van der Waals surface area contributed by atoms with Crippen molar-refractivity contribution in [3.8, 4) is 11.4 Å². The second kappa shape index (κ2) is 10.9. The molecule has 0 unspecified atom stereocenters. The lowest BCUT2D eigenvalue weighted by Crippen LogP contribution is -2.35. The van der Waals surface area contributed by atoms with Crippen LogP contribution in [0.2, 0.25) is 0 Å². The highest BCUT2D eigenvalue weighted by molar-refractivity contribution is 7.99. The number of fused-ring (bicyclic) bond motifs is 3. The molecule has 0 radical (unpaired) electrons. The Kier molecular flexibility index (Phi) is 7.61. The van der Waals surface area contributed by atoms with Gasteiger partial charge in [-0.2, -0.15) is 0 Å². The molecule has 2 aromatic carbocycles. The van der Waals surface area contributed by atoms with Crippen molar-refractivity contribution in [2.24, 2.45) is 0 Å². The first-order chi connectivity index (χ1) is 18.2. The van der Waals surface area contributed by atoms with Gasteiger partial charge in [-0.25, -0.2) is 4.98 Å². The Hall–Kier alpha value is -3.14. The highest BCUT2D eigenvalue weighted by Crippen LogP contribution is 2.38. The van der Waals surface area contributed by atoms with Gasteiger partial charge < -0.3 is 14.8 Å². The van der Waals surface area contributed by atoms with Gasteiger partial charge >= 0.3 is 0 Å². The molecule has 7 nitrogen and oxygen atoms in total. The smallest absolute Gasteiger partial charge is 0.267 e. The number of benzene rings is 2. The van der Waals surface area contributed by atoms with E-state index in [1.165, 1.54) is 28.7 Å². The van der Waals surface area contributed by atoms with Gasteiger partial charge in [0.2, 0.25) is 5.91 Å². The first-order valence-corrected chi connectivity index (χ1v) is 14.4. The summed E-state index contributed by atoms with van der Waals surface area (Å²) in [4.78, 5) is 33.5. The molecule has 4 aromatic rings. The van der Waals surface area contributed by atoms with E-state index in [1.807, 2.05) is 63.2 Å². The quantitative estimate of drug-likeness (QED) is 0.242. The van der Waals surface area contributed by atoms with Crippen molar-refractivity contribution >= 4 is 39.2 Å². The van der Waals surface area contributed by atoms with Crippen LogP contribution in [0.15, 0.2) is 64.5 Å². The fourth-order valence-electron chi connectivity index (χ4n) is 4.69. The van der Waals surface area contributed by atoms with Crippen molar-refractivity contribution in [3.05, 3.63) is 81.0 Å². The maximum atomic E-state index is 14.0. The Morgan fingerprint density at radius 2 is 1.95 bits per heavy atom. The molecule has 1 atom stereocenters. The van der Waals surface area contributed by atoms with E-state index in [9.17, 15) is 9.59 Å². The minimum absolute atomic E-state index is 0.0166. The number of carbonyl (C=O) groups is 1.